The molecule has 1 heteroatoms. The van der Waals surface area contributed by atoms with E-state index in [2.05, 4.69) is 49.4 Å². The number of unbranched alkanes of at least 4 members (excludes halogenated alkanes) is 1. The third-order valence-corrected chi connectivity index (χ3v) is 2.96. The number of aryl methyl sites for hydroxylation is 1. The lowest BCUT2D eigenvalue weighted by atomic mass is 10.0. The molecule has 1 unspecified atom stereocenters. The second kappa shape index (κ2) is 9.00. The van der Waals surface area contributed by atoms with Crippen molar-refractivity contribution in [2.75, 3.05) is 6.61 Å². The maximum Gasteiger partial charge on any atom is 0.0433 e. The Hall–Kier alpha value is -1.08. The highest BCUT2D eigenvalue weighted by Crippen LogP contribution is 2.11. The summed E-state index contributed by atoms with van der Waals surface area (Å²) < 4.78 is 0. The molecule has 17 heavy (non-hydrogen) atoms. The van der Waals surface area contributed by atoms with Crippen LogP contribution in [0.3, 0.4) is 0 Å². The fraction of sp³-hybridized carbons (Fsp3) is 0.500. The first-order valence-electron chi connectivity index (χ1n) is 6.64. The van der Waals surface area contributed by atoms with Crippen LogP contribution in [0.1, 0.15) is 38.2 Å². The van der Waals surface area contributed by atoms with Crippen molar-refractivity contribution in [3.63, 3.8) is 0 Å². The Labute approximate surface area is 105 Å². The first kappa shape index (κ1) is 14.0. The maximum atomic E-state index is 8.67. The molecule has 1 atom stereocenters. The summed E-state index contributed by atoms with van der Waals surface area (Å²) in [4.78, 5) is 0. The molecule has 0 bridgehead atoms. The molecule has 0 aliphatic rings. The molecule has 0 saturated heterocycles. The van der Waals surface area contributed by atoms with Crippen LogP contribution in [0.5, 0.6) is 0 Å². The van der Waals surface area contributed by atoms with E-state index in [1.807, 2.05) is 0 Å². The number of allylic oxidation sites excluding steroid dienone is 2. The molecule has 1 N–H and O–H groups in total. The molecule has 1 rings (SSSR count). The van der Waals surface area contributed by atoms with E-state index in [-0.39, 0.29) is 0 Å². The van der Waals surface area contributed by atoms with Crippen molar-refractivity contribution in [2.24, 2.45) is 5.92 Å². The molecule has 94 valence electrons. The molecule has 0 aliphatic carbocycles. The fourth-order valence-corrected chi connectivity index (χ4v) is 1.91. The Morgan fingerprint density at radius 1 is 1.18 bits per heavy atom. The number of rotatable bonds is 8. The van der Waals surface area contributed by atoms with Crippen LogP contribution in [0, 0.1) is 5.92 Å². The second-order valence-electron chi connectivity index (χ2n) is 4.65. The van der Waals surface area contributed by atoms with Crippen molar-refractivity contribution in [2.45, 2.75) is 39.0 Å². The van der Waals surface area contributed by atoms with Crippen molar-refractivity contribution in [3.8, 4) is 0 Å². The zero-order valence-corrected chi connectivity index (χ0v) is 10.8. The number of benzene rings is 1. The number of hydrogen-bond acceptors (Lipinski definition) is 1. The van der Waals surface area contributed by atoms with Gasteiger partial charge in [-0.2, -0.15) is 0 Å². The molecule has 0 radical (unpaired) electrons. The van der Waals surface area contributed by atoms with E-state index in [1.54, 1.807) is 0 Å². The molecule has 0 saturated carbocycles. The Kier molecular flexibility index (Phi) is 7.40. The Balaban J connectivity index is 2.12. The van der Waals surface area contributed by atoms with Crippen molar-refractivity contribution in [1.29, 1.82) is 0 Å². The average molecular weight is 232 g/mol. The van der Waals surface area contributed by atoms with E-state index in [9.17, 15) is 0 Å². The van der Waals surface area contributed by atoms with E-state index in [1.165, 1.54) is 24.8 Å². The highest BCUT2D eigenvalue weighted by atomic mass is 16.2. The topological polar surface area (TPSA) is 20.2 Å². The number of hydrogen-bond donors (Lipinski definition) is 1. The van der Waals surface area contributed by atoms with E-state index in [0.717, 1.165) is 12.8 Å². The predicted octanol–water partition coefficient (Wildman–Crippen LogP) is 3.97. The van der Waals surface area contributed by atoms with Crippen LogP contribution in [-0.2, 0) is 6.42 Å². The van der Waals surface area contributed by atoms with Gasteiger partial charge in [-0.15, -0.1) is 0 Å². The molecule has 0 amide bonds. The second-order valence-corrected chi connectivity index (χ2v) is 4.65. The predicted molar refractivity (Wildman–Crippen MR) is 74.0 cm³/mol. The summed E-state index contributed by atoms with van der Waals surface area (Å²) >= 11 is 0. The quantitative estimate of drug-likeness (QED) is 0.531. The van der Waals surface area contributed by atoms with E-state index >= 15 is 0 Å². The van der Waals surface area contributed by atoms with Gasteiger partial charge in [0.2, 0.25) is 0 Å². The fourth-order valence-electron chi connectivity index (χ4n) is 1.91. The zero-order valence-electron chi connectivity index (χ0n) is 10.8. The van der Waals surface area contributed by atoms with Crippen molar-refractivity contribution < 1.29 is 5.11 Å². The summed E-state index contributed by atoms with van der Waals surface area (Å²) in [5.41, 5.74) is 1.43. The Bertz CT molecular complexity index is 303. The molecular formula is C16H24O. The Morgan fingerprint density at radius 2 is 1.94 bits per heavy atom. The molecule has 0 aromatic heterocycles. The lowest BCUT2D eigenvalue weighted by Gasteiger charge is -2.06. The summed E-state index contributed by atoms with van der Waals surface area (Å²) in [6.07, 6.45) is 10.0. The zero-order chi connectivity index (χ0) is 12.3. The van der Waals surface area contributed by atoms with Crippen LogP contribution in [0.2, 0.25) is 0 Å². The van der Waals surface area contributed by atoms with Gasteiger partial charge >= 0.3 is 0 Å². The lowest BCUT2D eigenvalue weighted by molar-refractivity contribution is 0.289. The molecule has 0 fully saturated rings. The third-order valence-electron chi connectivity index (χ3n) is 2.96. The van der Waals surface area contributed by atoms with Gasteiger partial charge < -0.3 is 5.11 Å². The van der Waals surface area contributed by atoms with Gasteiger partial charge in [-0.3, -0.25) is 0 Å². The number of aliphatic hydroxyl groups excluding tert-OH is 1. The summed E-state index contributed by atoms with van der Waals surface area (Å²) in [6, 6.07) is 10.7. The smallest absolute Gasteiger partial charge is 0.0433 e. The summed E-state index contributed by atoms with van der Waals surface area (Å²) in [5.74, 6) is 0.650. The first-order valence-corrected chi connectivity index (χ1v) is 6.64. The van der Waals surface area contributed by atoms with Gasteiger partial charge in [-0.25, -0.2) is 0 Å². The summed E-state index contributed by atoms with van der Waals surface area (Å²) in [6.45, 7) is 2.56. The van der Waals surface area contributed by atoms with Crippen LogP contribution in [0.4, 0.5) is 0 Å². The molecule has 0 heterocycles. The average Bonchev–Trinajstić information content (AvgIpc) is 2.36. The van der Waals surface area contributed by atoms with Crippen LogP contribution in [0.15, 0.2) is 42.5 Å². The first-order chi connectivity index (χ1) is 8.33. The number of aliphatic hydroxyl groups is 1. The largest absolute Gasteiger partial charge is 0.396 e. The summed E-state index contributed by atoms with van der Waals surface area (Å²) in [5, 5.41) is 8.67. The van der Waals surface area contributed by atoms with Gasteiger partial charge in [0.25, 0.3) is 0 Å². The minimum atomic E-state index is 0.298. The third kappa shape index (κ3) is 6.96. The van der Waals surface area contributed by atoms with Crippen molar-refractivity contribution >= 4 is 0 Å². The van der Waals surface area contributed by atoms with E-state index in [0.29, 0.717) is 12.5 Å². The molecule has 1 aromatic carbocycles. The minimum absolute atomic E-state index is 0.298. The normalized spacial score (nSPS) is 13.1. The van der Waals surface area contributed by atoms with E-state index < -0.39 is 0 Å². The van der Waals surface area contributed by atoms with Gasteiger partial charge in [0.15, 0.2) is 0 Å². The molecule has 1 aromatic rings. The van der Waals surface area contributed by atoms with Gasteiger partial charge in [-0.1, -0.05) is 49.4 Å². The van der Waals surface area contributed by atoms with E-state index in [4.69, 9.17) is 5.11 Å². The molecule has 0 aliphatic heterocycles. The van der Waals surface area contributed by atoms with Crippen LogP contribution in [0.25, 0.3) is 0 Å². The molecular weight excluding hydrogens is 208 g/mol. The highest BCUT2D eigenvalue weighted by Gasteiger charge is 1.97. The standard InChI is InChI=1S/C16H24O/c1-15(9-4-3-7-14-17)10-8-13-16-11-5-2-6-12-16/h2,4-6,9,11-12,15,17H,3,7-8,10,13-14H2,1H3. The minimum Gasteiger partial charge on any atom is -0.396 e. The monoisotopic (exact) mass is 232 g/mol. The summed E-state index contributed by atoms with van der Waals surface area (Å²) in [7, 11) is 0. The van der Waals surface area contributed by atoms with Crippen LogP contribution < -0.4 is 0 Å². The van der Waals surface area contributed by atoms with Crippen molar-refractivity contribution in [3.05, 3.63) is 48.0 Å². The van der Waals surface area contributed by atoms with Gasteiger partial charge in [0.05, 0.1) is 0 Å². The highest BCUT2D eigenvalue weighted by molar-refractivity contribution is 5.14. The maximum absolute atomic E-state index is 8.67. The van der Waals surface area contributed by atoms with Crippen molar-refractivity contribution in [1.82, 2.24) is 0 Å². The van der Waals surface area contributed by atoms with Gasteiger partial charge in [0, 0.05) is 6.61 Å². The van der Waals surface area contributed by atoms with Gasteiger partial charge in [-0.05, 0) is 43.6 Å². The SMILES string of the molecule is CC(C=CCCCO)CCCc1ccccc1. The Morgan fingerprint density at radius 3 is 2.65 bits per heavy atom. The van der Waals surface area contributed by atoms with Gasteiger partial charge in [0.1, 0.15) is 0 Å². The lowest BCUT2D eigenvalue weighted by Crippen LogP contribution is -1.92. The van der Waals surface area contributed by atoms with Crippen LogP contribution in [-0.4, -0.2) is 11.7 Å². The molecule has 1 nitrogen and oxygen atoms in total. The van der Waals surface area contributed by atoms with Crippen LogP contribution >= 0.6 is 0 Å². The molecule has 0 spiro atoms.